The number of carbonyl (C=O) groups is 1. The van der Waals surface area contributed by atoms with Gasteiger partial charge in [0.1, 0.15) is 0 Å². The van der Waals surface area contributed by atoms with Crippen LogP contribution in [0.15, 0.2) is 36.4 Å². The van der Waals surface area contributed by atoms with Crippen LogP contribution in [0.4, 0.5) is 0 Å². The lowest BCUT2D eigenvalue weighted by molar-refractivity contribution is 0.0281. The first-order chi connectivity index (χ1) is 13.4. The Morgan fingerprint density at radius 3 is 2.11 bits per heavy atom. The quantitative estimate of drug-likeness (QED) is 0.486. The van der Waals surface area contributed by atoms with Crippen molar-refractivity contribution in [1.29, 1.82) is 0 Å². The fourth-order valence-electron chi connectivity index (χ4n) is 3.30. The second kappa shape index (κ2) is 9.43. The minimum Gasteiger partial charge on any atom is -0.504 e. The fourth-order valence-corrected chi connectivity index (χ4v) is 3.30. The Balaban J connectivity index is 2.35. The maximum atomic E-state index is 13.0. The minimum atomic E-state index is -1.15. The van der Waals surface area contributed by atoms with Gasteiger partial charge in [-0.3, -0.25) is 4.79 Å². The van der Waals surface area contributed by atoms with E-state index >= 15 is 0 Å². The van der Waals surface area contributed by atoms with Crippen LogP contribution in [0.3, 0.4) is 0 Å². The average molecular weight is 390 g/mol. The van der Waals surface area contributed by atoms with Crippen molar-refractivity contribution in [2.45, 2.75) is 19.4 Å². The average Bonchev–Trinajstić information content (AvgIpc) is 2.71. The molecule has 0 aliphatic rings. The number of methoxy groups -OCH3 is 2. The second-order valence-corrected chi connectivity index (χ2v) is 6.49. The number of rotatable bonds is 9. The maximum absolute atomic E-state index is 13.0. The number of phenols is 2. The maximum Gasteiger partial charge on any atom is 0.166 e. The first-order valence-corrected chi connectivity index (χ1v) is 8.94. The predicted octanol–water partition coefficient (Wildman–Crippen LogP) is 2.67. The highest BCUT2D eigenvalue weighted by Crippen LogP contribution is 2.36. The smallest absolute Gasteiger partial charge is 0.166 e. The molecule has 4 N–H and O–H groups in total. The molecule has 3 unspecified atom stereocenters. The molecule has 0 amide bonds. The number of carbonyl (C=O) groups excluding carboxylic acids is 1. The summed E-state index contributed by atoms with van der Waals surface area (Å²) >= 11 is 0. The summed E-state index contributed by atoms with van der Waals surface area (Å²) in [5, 5.41) is 40.2. The van der Waals surface area contributed by atoms with Crippen molar-refractivity contribution in [3.05, 3.63) is 47.5 Å². The normalized spacial score (nSPS) is 14.2. The molecule has 2 aromatic rings. The highest BCUT2D eigenvalue weighted by atomic mass is 16.5. The van der Waals surface area contributed by atoms with Crippen molar-refractivity contribution < 1.29 is 34.7 Å². The van der Waals surface area contributed by atoms with Crippen molar-refractivity contribution in [3.63, 3.8) is 0 Å². The van der Waals surface area contributed by atoms with Gasteiger partial charge in [-0.2, -0.15) is 0 Å². The Bertz CT molecular complexity index is 818. The van der Waals surface area contributed by atoms with Crippen LogP contribution >= 0.6 is 0 Å². The summed E-state index contributed by atoms with van der Waals surface area (Å²) in [5.74, 6) is -1.51. The van der Waals surface area contributed by atoms with E-state index in [0.717, 1.165) is 0 Å². The van der Waals surface area contributed by atoms with Gasteiger partial charge in [-0.15, -0.1) is 0 Å². The largest absolute Gasteiger partial charge is 0.504 e. The molecular formula is C21H26O7. The number of hydrogen-bond acceptors (Lipinski definition) is 7. The van der Waals surface area contributed by atoms with Gasteiger partial charge < -0.3 is 29.9 Å². The summed E-state index contributed by atoms with van der Waals surface area (Å²) in [6.45, 7) is 1.39. The number of benzene rings is 2. The molecule has 0 aliphatic carbocycles. The first kappa shape index (κ1) is 21.5. The van der Waals surface area contributed by atoms with E-state index in [2.05, 4.69) is 0 Å². The van der Waals surface area contributed by atoms with E-state index in [1.165, 1.54) is 50.6 Å². The topological polar surface area (TPSA) is 116 Å². The lowest BCUT2D eigenvalue weighted by Crippen LogP contribution is -2.31. The lowest BCUT2D eigenvalue weighted by Gasteiger charge is -2.28. The first-order valence-electron chi connectivity index (χ1n) is 8.94. The highest BCUT2D eigenvalue weighted by molar-refractivity contribution is 5.98. The number of hydrogen-bond donors (Lipinski definition) is 4. The van der Waals surface area contributed by atoms with Crippen LogP contribution in [0.5, 0.6) is 23.0 Å². The van der Waals surface area contributed by atoms with E-state index < -0.39 is 24.5 Å². The van der Waals surface area contributed by atoms with Gasteiger partial charge >= 0.3 is 0 Å². The summed E-state index contributed by atoms with van der Waals surface area (Å²) in [7, 11) is 2.78. The van der Waals surface area contributed by atoms with E-state index in [1.807, 2.05) is 0 Å². The highest BCUT2D eigenvalue weighted by Gasteiger charge is 2.34. The summed E-state index contributed by atoms with van der Waals surface area (Å²) < 4.78 is 10.1. The molecule has 0 aromatic heterocycles. The molecule has 152 valence electrons. The SMILES string of the molecule is CCC(C(=O)c1ccc(O)c(OC)c1)C(CO)C(O)c1ccc(O)c(OC)c1. The zero-order valence-electron chi connectivity index (χ0n) is 16.1. The Morgan fingerprint density at radius 2 is 1.57 bits per heavy atom. The van der Waals surface area contributed by atoms with Gasteiger partial charge in [0, 0.05) is 24.0 Å². The molecule has 3 atom stereocenters. The molecule has 0 fully saturated rings. The molecule has 7 heteroatoms. The molecule has 28 heavy (non-hydrogen) atoms. The number of phenolic OH excluding ortho intramolecular Hbond substituents is 2. The van der Waals surface area contributed by atoms with Crippen molar-refractivity contribution in [1.82, 2.24) is 0 Å². The monoisotopic (exact) mass is 390 g/mol. The van der Waals surface area contributed by atoms with Crippen molar-refractivity contribution >= 4 is 5.78 Å². The molecular weight excluding hydrogens is 364 g/mol. The van der Waals surface area contributed by atoms with Crippen molar-refractivity contribution in [2.75, 3.05) is 20.8 Å². The van der Waals surface area contributed by atoms with Gasteiger partial charge in [-0.25, -0.2) is 0 Å². The van der Waals surface area contributed by atoms with Crippen molar-refractivity contribution in [3.8, 4) is 23.0 Å². The molecule has 2 rings (SSSR count). The minimum absolute atomic E-state index is 0.0710. The van der Waals surface area contributed by atoms with Crippen LogP contribution in [-0.4, -0.2) is 47.0 Å². The summed E-state index contributed by atoms with van der Waals surface area (Å²) in [6.07, 6.45) is -0.757. The predicted molar refractivity (Wildman–Crippen MR) is 103 cm³/mol. The summed E-state index contributed by atoms with van der Waals surface area (Å²) in [4.78, 5) is 13.0. The molecule has 0 saturated heterocycles. The van der Waals surface area contributed by atoms with Crippen LogP contribution in [0.1, 0.15) is 35.4 Å². The molecule has 0 saturated carbocycles. The number of ether oxygens (including phenoxy) is 2. The zero-order chi connectivity index (χ0) is 20.8. The van der Waals surface area contributed by atoms with Crippen LogP contribution in [0.2, 0.25) is 0 Å². The third kappa shape index (κ3) is 4.37. The van der Waals surface area contributed by atoms with E-state index in [0.29, 0.717) is 17.5 Å². The number of aromatic hydroxyl groups is 2. The Labute approximate surface area is 163 Å². The molecule has 0 aliphatic heterocycles. The molecule has 0 heterocycles. The van der Waals surface area contributed by atoms with E-state index in [-0.39, 0.29) is 28.8 Å². The number of aliphatic hydroxyl groups is 2. The molecule has 0 radical (unpaired) electrons. The molecule has 7 nitrogen and oxygen atoms in total. The van der Waals surface area contributed by atoms with Gasteiger partial charge in [-0.1, -0.05) is 13.0 Å². The lowest BCUT2D eigenvalue weighted by atomic mass is 9.79. The van der Waals surface area contributed by atoms with Gasteiger partial charge in [0.2, 0.25) is 0 Å². The van der Waals surface area contributed by atoms with Gasteiger partial charge in [0.05, 0.1) is 20.3 Å². The Morgan fingerprint density at radius 1 is 1.00 bits per heavy atom. The van der Waals surface area contributed by atoms with Crippen LogP contribution in [0, 0.1) is 11.8 Å². The van der Waals surface area contributed by atoms with Gasteiger partial charge in [0.25, 0.3) is 0 Å². The molecule has 2 aromatic carbocycles. The Kier molecular flexibility index (Phi) is 7.25. The fraction of sp³-hybridized carbons (Fsp3) is 0.381. The van der Waals surface area contributed by atoms with Crippen LogP contribution < -0.4 is 9.47 Å². The van der Waals surface area contributed by atoms with Crippen LogP contribution in [0.25, 0.3) is 0 Å². The van der Waals surface area contributed by atoms with Crippen LogP contribution in [-0.2, 0) is 0 Å². The summed E-state index contributed by atoms with van der Waals surface area (Å²) in [6, 6.07) is 8.67. The number of aliphatic hydroxyl groups excluding tert-OH is 2. The zero-order valence-corrected chi connectivity index (χ0v) is 16.1. The standard InChI is InChI=1S/C21H26O7/c1-4-14(20(25)12-5-7-16(23)18(9-12)27-2)15(11-22)21(26)13-6-8-17(24)19(10-13)28-3/h5-10,14-15,21-24,26H,4,11H2,1-3H3. The van der Waals surface area contributed by atoms with E-state index in [1.54, 1.807) is 6.92 Å². The second-order valence-electron chi connectivity index (χ2n) is 6.49. The van der Waals surface area contributed by atoms with Crippen molar-refractivity contribution in [2.24, 2.45) is 11.8 Å². The number of ketones is 1. The van der Waals surface area contributed by atoms with E-state index in [4.69, 9.17) is 9.47 Å². The third-order valence-electron chi connectivity index (χ3n) is 4.92. The van der Waals surface area contributed by atoms with Gasteiger partial charge in [0.15, 0.2) is 28.8 Å². The summed E-state index contributed by atoms with van der Waals surface area (Å²) in [5.41, 5.74) is 0.735. The Hall–Kier alpha value is -2.77. The van der Waals surface area contributed by atoms with E-state index in [9.17, 15) is 25.2 Å². The number of Topliss-reactive ketones (excluding diaryl/α,β-unsaturated/α-hetero) is 1. The third-order valence-corrected chi connectivity index (χ3v) is 4.92. The van der Waals surface area contributed by atoms with Gasteiger partial charge in [-0.05, 0) is 42.3 Å². The molecule has 0 bridgehead atoms. The molecule has 0 spiro atoms.